The van der Waals surface area contributed by atoms with Crippen LogP contribution in [0, 0.1) is 12.7 Å². The second kappa shape index (κ2) is 5.40. The number of nitrogens with zero attached hydrogens (tertiary/aromatic N) is 1. The molecule has 0 aliphatic rings. The second-order valence-electron chi connectivity index (χ2n) is 4.85. The molecule has 3 nitrogen and oxygen atoms in total. The first-order valence-corrected chi connectivity index (χ1v) is 6.63. The minimum absolute atomic E-state index is 0.372. The molecule has 106 valence electrons. The Bertz CT molecular complexity index is 802. The van der Waals surface area contributed by atoms with Gasteiger partial charge in [0.15, 0.2) is 0 Å². The molecule has 0 atom stereocenters. The molecule has 0 radical (unpaired) electrons. The standard InChI is InChI=1S/C17H15FN2O/c1-11-3-5-14-12(9-11)7-8-19-17(14)20-16-6-4-13(21-2)10-15(16)18/h3-10H,1-2H3,(H,19,20). The number of benzene rings is 2. The molecule has 21 heavy (non-hydrogen) atoms. The molecule has 1 heterocycles. The number of rotatable bonds is 3. The Labute approximate surface area is 122 Å². The van der Waals surface area contributed by atoms with Gasteiger partial charge >= 0.3 is 0 Å². The average molecular weight is 282 g/mol. The number of methoxy groups -OCH3 is 1. The lowest BCUT2D eigenvalue weighted by Crippen LogP contribution is -1.97. The summed E-state index contributed by atoms with van der Waals surface area (Å²) in [5.41, 5.74) is 1.55. The first-order valence-electron chi connectivity index (χ1n) is 6.63. The molecule has 3 rings (SSSR count). The van der Waals surface area contributed by atoms with Crippen LogP contribution in [0.5, 0.6) is 5.75 Å². The van der Waals surface area contributed by atoms with Crippen molar-refractivity contribution in [1.29, 1.82) is 0 Å². The maximum absolute atomic E-state index is 14.0. The van der Waals surface area contributed by atoms with Crippen molar-refractivity contribution in [3.63, 3.8) is 0 Å². The molecule has 0 unspecified atom stereocenters. The molecule has 0 saturated heterocycles. The van der Waals surface area contributed by atoms with Crippen LogP contribution in [0.4, 0.5) is 15.9 Å². The van der Waals surface area contributed by atoms with E-state index in [0.29, 0.717) is 17.3 Å². The van der Waals surface area contributed by atoms with Crippen LogP contribution in [0.25, 0.3) is 10.8 Å². The third-order valence-corrected chi connectivity index (χ3v) is 3.35. The smallest absolute Gasteiger partial charge is 0.150 e. The Morgan fingerprint density at radius 2 is 1.95 bits per heavy atom. The molecule has 1 aromatic heterocycles. The highest BCUT2D eigenvalue weighted by Gasteiger charge is 2.07. The summed E-state index contributed by atoms with van der Waals surface area (Å²) < 4.78 is 19.0. The van der Waals surface area contributed by atoms with Crippen LogP contribution in [-0.2, 0) is 0 Å². The average Bonchev–Trinajstić information content (AvgIpc) is 2.49. The third-order valence-electron chi connectivity index (χ3n) is 3.35. The highest BCUT2D eigenvalue weighted by Crippen LogP contribution is 2.27. The van der Waals surface area contributed by atoms with Crippen LogP contribution >= 0.6 is 0 Å². The molecule has 1 N–H and O–H groups in total. The summed E-state index contributed by atoms with van der Waals surface area (Å²) in [5, 5.41) is 5.07. The molecular weight excluding hydrogens is 267 g/mol. The van der Waals surface area contributed by atoms with Crippen LogP contribution in [0.1, 0.15) is 5.56 Å². The largest absolute Gasteiger partial charge is 0.497 e. The van der Waals surface area contributed by atoms with E-state index in [4.69, 9.17) is 4.74 Å². The molecule has 2 aromatic carbocycles. The van der Waals surface area contributed by atoms with E-state index >= 15 is 0 Å². The number of halogens is 1. The van der Waals surface area contributed by atoms with Gasteiger partial charge in [-0.05, 0) is 30.5 Å². The maximum atomic E-state index is 14.0. The van der Waals surface area contributed by atoms with Crippen molar-refractivity contribution in [2.24, 2.45) is 0 Å². The molecule has 0 amide bonds. The molecule has 4 heteroatoms. The van der Waals surface area contributed by atoms with Gasteiger partial charge in [-0.3, -0.25) is 0 Å². The summed E-state index contributed by atoms with van der Waals surface area (Å²) in [6, 6.07) is 12.7. The van der Waals surface area contributed by atoms with Gasteiger partial charge in [-0.25, -0.2) is 9.37 Å². The van der Waals surface area contributed by atoms with Gasteiger partial charge < -0.3 is 10.1 Å². The number of pyridine rings is 1. The Morgan fingerprint density at radius 1 is 1.10 bits per heavy atom. The van der Waals surface area contributed by atoms with E-state index in [9.17, 15) is 4.39 Å². The molecule has 0 fully saturated rings. The highest BCUT2D eigenvalue weighted by molar-refractivity contribution is 5.93. The van der Waals surface area contributed by atoms with Gasteiger partial charge in [0, 0.05) is 17.6 Å². The minimum Gasteiger partial charge on any atom is -0.497 e. The fourth-order valence-electron chi connectivity index (χ4n) is 2.25. The molecule has 0 saturated carbocycles. The first-order chi connectivity index (χ1) is 10.2. The number of aromatic nitrogens is 1. The van der Waals surface area contributed by atoms with Crippen LogP contribution in [0.3, 0.4) is 0 Å². The fraction of sp³-hybridized carbons (Fsp3) is 0.118. The number of fused-ring (bicyclic) bond motifs is 1. The van der Waals surface area contributed by atoms with E-state index in [1.807, 2.05) is 25.1 Å². The summed E-state index contributed by atoms with van der Waals surface area (Å²) in [6.07, 6.45) is 1.71. The lowest BCUT2D eigenvalue weighted by Gasteiger charge is -2.11. The predicted molar refractivity (Wildman–Crippen MR) is 82.7 cm³/mol. The maximum Gasteiger partial charge on any atom is 0.150 e. The Balaban J connectivity index is 2.02. The van der Waals surface area contributed by atoms with E-state index in [0.717, 1.165) is 10.8 Å². The third kappa shape index (κ3) is 2.65. The van der Waals surface area contributed by atoms with Crippen molar-refractivity contribution in [2.45, 2.75) is 6.92 Å². The van der Waals surface area contributed by atoms with Crippen LogP contribution in [0.2, 0.25) is 0 Å². The Hall–Kier alpha value is -2.62. The number of hydrogen-bond donors (Lipinski definition) is 1. The summed E-state index contributed by atoms with van der Waals surface area (Å²) >= 11 is 0. The van der Waals surface area contributed by atoms with Crippen molar-refractivity contribution < 1.29 is 9.13 Å². The van der Waals surface area contributed by atoms with E-state index in [1.165, 1.54) is 18.7 Å². The molecule has 0 aliphatic carbocycles. The van der Waals surface area contributed by atoms with Gasteiger partial charge in [0.25, 0.3) is 0 Å². The van der Waals surface area contributed by atoms with Crippen molar-refractivity contribution in [3.8, 4) is 5.75 Å². The summed E-state index contributed by atoms with van der Waals surface area (Å²) in [5.74, 6) is 0.747. The number of aryl methyl sites for hydroxylation is 1. The van der Waals surface area contributed by atoms with Crippen LogP contribution < -0.4 is 10.1 Å². The van der Waals surface area contributed by atoms with Gasteiger partial charge in [0.1, 0.15) is 17.4 Å². The zero-order valence-corrected chi connectivity index (χ0v) is 11.9. The minimum atomic E-state index is -0.375. The summed E-state index contributed by atoms with van der Waals surface area (Å²) in [7, 11) is 1.51. The molecule has 0 aliphatic heterocycles. The predicted octanol–water partition coefficient (Wildman–Crippen LogP) is 4.43. The molecule has 3 aromatic rings. The zero-order valence-electron chi connectivity index (χ0n) is 11.9. The molecular formula is C17H15FN2O. The van der Waals surface area contributed by atoms with Gasteiger partial charge in [0.2, 0.25) is 0 Å². The van der Waals surface area contributed by atoms with E-state index in [1.54, 1.807) is 18.3 Å². The van der Waals surface area contributed by atoms with Crippen molar-refractivity contribution >= 4 is 22.3 Å². The summed E-state index contributed by atoms with van der Waals surface area (Å²) in [4.78, 5) is 4.31. The van der Waals surface area contributed by atoms with Gasteiger partial charge in [-0.2, -0.15) is 0 Å². The quantitative estimate of drug-likeness (QED) is 0.771. The van der Waals surface area contributed by atoms with Gasteiger partial charge in [-0.15, -0.1) is 0 Å². The Kier molecular flexibility index (Phi) is 3.44. The Morgan fingerprint density at radius 3 is 2.71 bits per heavy atom. The number of hydrogen-bond acceptors (Lipinski definition) is 3. The van der Waals surface area contributed by atoms with Crippen molar-refractivity contribution in [3.05, 3.63) is 60.0 Å². The number of anilines is 2. The van der Waals surface area contributed by atoms with E-state index < -0.39 is 0 Å². The normalized spacial score (nSPS) is 10.6. The van der Waals surface area contributed by atoms with Crippen LogP contribution in [-0.4, -0.2) is 12.1 Å². The van der Waals surface area contributed by atoms with Gasteiger partial charge in [0.05, 0.1) is 12.8 Å². The van der Waals surface area contributed by atoms with Crippen molar-refractivity contribution in [2.75, 3.05) is 12.4 Å². The lowest BCUT2D eigenvalue weighted by atomic mass is 10.1. The van der Waals surface area contributed by atoms with Crippen molar-refractivity contribution in [1.82, 2.24) is 4.98 Å². The topological polar surface area (TPSA) is 34.1 Å². The number of ether oxygens (including phenoxy) is 1. The summed E-state index contributed by atoms with van der Waals surface area (Å²) in [6.45, 7) is 2.04. The second-order valence-corrected chi connectivity index (χ2v) is 4.85. The fourth-order valence-corrected chi connectivity index (χ4v) is 2.25. The van der Waals surface area contributed by atoms with E-state index in [-0.39, 0.29) is 5.82 Å². The monoisotopic (exact) mass is 282 g/mol. The van der Waals surface area contributed by atoms with E-state index in [2.05, 4.69) is 16.4 Å². The molecule has 0 bridgehead atoms. The molecule has 0 spiro atoms. The van der Waals surface area contributed by atoms with Gasteiger partial charge in [-0.1, -0.05) is 23.8 Å². The zero-order chi connectivity index (χ0) is 14.8. The van der Waals surface area contributed by atoms with Crippen LogP contribution in [0.15, 0.2) is 48.7 Å². The lowest BCUT2D eigenvalue weighted by molar-refractivity contribution is 0.411. The highest BCUT2D eigenvalue weighted by atomic mass is 19.1. The SMILES string of the molecule is COc1ccc(Nc2nccc3cc(C)ccc23)c(F)c1. The number of nitrogens with one attached hydrogen (secondary N) is 1. The first kappa shape index (κ1) is 13.4.